The number of anilines is 1. The van der Waals surface area contributed by atoms with Gasteiger partial charge in [0.1, 0.15) is 18.1 Å². The highest BCUT2D eigenvalue weighted by Crippen LogP contribution is 2.34. The van der Waals surface area contributed by atoms with E-state index in [0.29, 0.717) is 24.4 Å². The summed E-state index contributed by atoms with van der Waals surface area (Å²) < 4.78 is 46.3. The Bertz CT molecular complexity index is 903. The van der Waals surface area contributed by atoms with Crippen molar-refractivity contribution in [3.63, 3.8) is 0 Å². The molecule has 2 heterocycles. The van der Waals surface area contributed by atoms with E-state index in [-0.39, 0.29) is 37.1 Å². The van der Waals surface area contributed by atoms with E-state index in [2.05, 4.69) is 25.7 Å². The van der Waals surface area contributed by atoms with Crippen LogP contribution in [0.2, 0.25) is 0 Å². The Morgan fingerprint density at radius 2 is 1.97 bits per heavy atom. The molecule has 1 saturated carbocycles. The first-order valence-corrected chi connectivity index (χ1v) is 10.1. The number of aromatic nitrogens is 4. The Kier molecular flexibility index (Phi) is 6.71. The molecule has 0 atom stereocenters. The number of carbonyl (C=O) groups excluding carboxylic acids is 1. The van der Waals surface area contributed by atoms with E-state index >= 15 is 0 Å². The van der Waals surface area contributed by atoms with Crippen LogP contribution in [-0.4, -0.2) is 43.4 Å². The maximum atomic E-state index is 13.4. The van der Waals surface area contributed by atoms with Crippen LogP contribution in [0.3, 0.4) is 0 Å². The van der Waals surface area contributed by atoms with Gasteiger partial charge in [-0.1, -0.05) is 0 Å². The molecule has 31 heavy (non-hydrogen) atoms. The third-order valence-corrected chi connectivity index (χ3v) is 4.64. The lowest BCUT2D eigenvalue weighted by Gasteiger charge is -2.29. The number of halogens is 3. The molecule has 0 aliphatic heterocycles. The number of alkyl carbamates (subject to hydrolysis) is 1. The van der Waals surface area contributed by atoms with Gasteiger partial charge in [-0.15, -0.1) is 0 Å². The second-order valence-corrected chi connectivity index (χ2v) is 8.56. The highest BCUT2D eigenvalue weighted by Gasteiger charge is 2.35. The molecule has 0 spiro atoms. The largest absolute Gasteiger partial charge is 0.444 e. The van der Waals surface area contributed by atoms with Gasteiger partial charge in [0, 0.05) is 31.1 Å². The molecule has 1 aliphatic carbocycles. The predicted molar refractivity (Wildman–Crippen MR) is 108 cm³/mol. The Morgan fingerprint density at radius 1 is 1.26 bits per heavy atom. The van der Waals surface area contributed by atoms with Crippen molar-refractivity contribution in [3.8, 4) is 5.95 Å². The van der Waals surface area contributed by atoms with E-state index in [1.54, 1.807) is 26.8 Å². The molecule has 1 fully saturated rings. The lowest BCUT2D eigenvalue weighted by atomic mass is 9.92. The van der Waals surface area contributed by atoms with Crippen molar-refractivity contribution in [2.24, 2.45) is 0 Å². The monoisotopic (exact) mass is 440 g/mol. The van der Waals surface area contributed by atoms with Gasteiger partial charge in [0.15, 0.2) is 0 Å². The van der Waals surface area contributed by atoms with Gasteiger partial charge in [-0.25, -0.2) is 27.6 Å². The standard InChI is InChI=1S/C20H27F3N6O2/c1-19(2,3)31-18(30)24-12-15-10-16(25-13-4-7-20(22,23)8-5-13)27-17(26-15)29-9-6-14(11-21)28-29/h6,9-10,13H,4-5,7-8,11-12H2,1-3H3,(H,24,30)(H,25,26,27). The number of ether oxygens (including phenoxy) is 1. The van der Waals surface area contributed by atoms with Crippen molar-refractivity contribution in [2.45, 2.75) is 77.2 Å². The van der Waals surface area contributed by atoms with Gasteiger partial charge in [-0.3, -0.25) is 0 Å². The van der Waals surface area contributed by atoms with Gasteiger partial charge in [0.05, 0.1) is 17.9 Å². The third-order valence-electron chi connectivity index (χ3n) is 4.64. The molecule has 0 radical (unpaired) electrons. The Labute approximate surface area is 178 Å². The number of amides is 1. The molecule has 1 amide bonds. The lowest BCUT2D eigenvalue weighted by Crippen LogP contribution is -2.33. The van der Waals surface area contributed by atoms with Crippen molar-refractivity contribution in [3.05, 3.63) is 29.7 Å². The van der Waals surface area contributed by atoms with Gasteiger partial charge < -0.3 is 15.4 Å². The smallest absolute Gasteiger partial charge is 0.407 e. The van der Waals surface area contributed by atoms with Crippen LogP contribution in [0.4, 0.5) is 23.8 Å². The molecule has 11 heteroatoms. The second kappa shape index (κ2) is 9.11. The number of hydrogen-bond acceptors (Lipinski definition) is 6. The molecule has 0 bridgehead atoms. The molecule has 2 aromatic heterocycles. The van der Waals surface area contributed by atoms with E-state index in [4.69, 9.17) is 4.74 Å². The third kappa shape index (κ3) is 6.83. The highest BCUT2D eigenvalue weighted by molar-refractivity contribution is 5.67. The van der Waals surface area contributed by atoms with E-state index < -0.39 is 24.3 Å². The zero-order valence-corrected chi connectivity index (χ0v) is 17.8. The Balaban J connectivity index is 1.78. The first kappa shape index (κ1) is 22.8. The fraction of sp³-hybridized carbons (Fsp3) is 0.600. The molecule has 8 nitrogen and oxygen atoms in total. The first-order valence-electron chi connectivity index (χ1n) is 10.1. The summed E-state index contributed by atoms with van der Waals surface area (Å²) in [6.45, 7) is 4.59. The first-order chi connectivity index (χ1) is 14.5. The van der Waals surface area contributed by atoms with Gasteiger partial charge in [0.25, 0.3) is 5.95 Å². The van der Waals surface area contributed by atoms with Crippen molar-refractivity contribution in [2.75, 3.05) is 5.32 Å². The maximum absolute atomic E-state index is 13.4. The summed E-state index contributed by atoms with van der Waals surface area (Å²) in [6.07, 6.45) is 1.18. The topological polar surface area (TPSA) is 94.0 Å². The average Bonchev–Trinajstić information content (AvgIpc) is 3.16. The Morgan fingerprint density at radius 3 is 2.58 bits per heavy atom. The van der Waals surface area contributed by atoms with Crippen LogP contribution in [0, 0.1) is 0 Å². The van der Waals surface area contributed by atoms with E-state index in [1.807, 2.05) is 0 Å². The van der Waals surface area contributed by atoms with E-state index in [9.17, 15) is 18.0 Å². The number of alkyl halides is 3. The van der Waals surface area contributed by atoms with Gasteiger partial charge in [0.2, 0.25) is 5.92 Å². The molecule has 2 aromatic rings. The summed E-state index contributed by atoms with van der Waals surface area (Å²) in [5.41, 5.74) is 0.0378. The number of carbonyl (C=O) groups is 1. The van der Waals surface area contributed by atoms with Crippen LogP contribution >= 0.6 is 0 Å². The minimum Gasteiger partial charge on any atom is -0.444 e. The number of nitrogens with one attached hydrogen (secondary N) is 2. The molecule has 0 unspecified atom stereocenters. The number of rotatable bonds is 6. The SMILES string of the molecule is CC(C)(C)OC(=O)NCc1cc(NC2CCC(F)(F)CC2)nc(-n2ccc(CF)n2)n1. The Hall–Kier alpha value is -2.85. The van der Waals surface area contributed by atoms with Crippen LogP contribution in [0.1, 0.15) is 57.8 Å². The van der Waals surface area contributed by atoms with Crippen LogP contribution in [-0.2, 0) is 18.0 Å². The van der Waals surface area contributed by atoms with Crippen molar-refractivity contribution in [1.82, 2.24) is 25.1 Å². The second-order valence-electron chi connectivity index (χ2n) is 8.56. The van der Waals surface area contributed by atoms with Gasteiger partial charge in [-0.2, -0.15) is 10.1 Å². The van der Waals surface area contributed by atoms with Crippen molar-refractivity contribution >= 4 is 11.9 Å². The average molecular weight is 440 g/mol. The molecule has 1 aliphatic rings. The molecule has 2 N–H and O–H groups in total. The number of hydrogen-bond donors (Lipinski definition) is 2. The van der Waals surface area contributed by atoms with Crippen LogP contribution in [0.25, 0.3) is 5.95 Å². The maximum Gasteiger partial charge on any atom is 0.407 e. The summed E-state index contributed by atoms with van der Waals surface area (Å²) in [4.78, 5) is 20.7. The molecular formula is C20H27F3N6O2. The minimum absolute atomic E-state index is 0.0547. The molecule has 0 saturated heterocycles. The lowest BCUT2D eigenvalue weighted by molar-refractivity contribution is -0.0361. The van der Waals surface area contributed by atoms with E-state index in [1.165, 1.54) is 16.9 Å². The van der Waals surface area contributed by atoms with Gasteiger partial charge in [-0.05, 0) is 39.7 Å². The zero-order chi connectivity index (χ0) is 22.6. The fourth-order valence-corrected chi connectivity index (χ4v) is 3.17. The highest BCUT2D eigenvalue weighted by atomic mass is 19.3. The van der Waals surface area contributed by atoms with Crippen LogP contribution < -0.4 is 10.6 Å². The van der Waals surface area contributed by atoms with E-state index in [0.717, 1.165) is 0 Å². The van der Waals surface area contributed by atoms with Gasteiger partial charge >= 0.3 is 6.09 Å². The molecule has 170 valence electrons. The number of nitrogens with zero attached hydrogens (tertiary/aromatic N) is 4. The van der Waals surface area contributed by atoms with Crippen LogP contribution in [0.5, 0.6) is 0 Å². The molecule has 0 aromatic carbocycles. The van der Waals surface area contributed by atoms with Crippen LogP contribution in [0.15, 0.2) is 18.3 Å². The van der Waals surface area contributed by atoms with Crippen molar-refractivity contribution < 1.29 is 22.7 Å². The summed E-state index contributed by atoms with van der Waals surface area (Å²) in [5.74, 6) is -2.04. The molecular weight excluding hydrogens is 413 g/mol. The fourth-order valence-electron chi connectivity index (χ4n) is 3.17. The molecule has 3 rings (SSSR count). The summed E-state index contributed by atoms with van der Waals surface area (Å²) in [5, 5.41) is 9.86. The summed E-state index contributed by atoms with van der Waals surface area (Å²) in [7, 11) is 0. The quantitative estimate of drug-likeness (QED) is 0.701. The minimum atomic E-state index is -2.63. The van der Waals surface area contributed by atoms with Crippen molar-refractivity contribution in [1.29, 1.82) is 0 Å². The normalized spacial score (nSPS) is 16.7. The zero-order valence-electron chi connectivity index (χ0n) is 17.8. The summed E-state index contributed by atoms with van der Waals surface area (Å²) in [6, 6.07) is 2.98. The summed E-state index contributed by atoms with van der Waals surface area (Å²) >= 11 is 0. The predicted octanol–water partition coefficient (Wildman–Crippen LogP) is 4.15.